The number of piperidine rings is 1. The van der Waals surface area contributed by atoms with Gasteiger partial charge in [0.05, 0.1) is 19.4 Å². The highest BCUT2D eigenvalue weighted by Gasteiger charge is 2.20. The third kappa shape index (κ3) is 3.60. The molecule has 17 heavy (non-hydrogen) atoms. The number of furan rings is 1. The Morgan fingerprint density at radius 3 is 3.18 bits per heavy atom. The standard InChI is InChI=1S/C13H20N2O2/c1-11-5-2-3-7-15(11)10-13(16)14-9-12-6-4-8-17-12/h4,6,8,11H,2-3,5,7,9-10H2,1H3,(H,14,16). The van der Waals surface area contributed by atoms with Crippen molar-refractivity contribution in [3.8, 4) is 0 Å². The summed E-state index contributed by atoms with van der Waals surface area (Å²) in [4.78, 5) is 14.0. The Labute approximate surface area is 102 Å². The maximum absolute atomic E-state index is 11.8. The molecule has 4 heteroatoms. The molecule has 94 valence electrons. The normalized spacial score (nSPS) is 21.4. The topological polar surface area (TPSA) is 45.5 Å². The summed E-state index contributed by atoms with van der Waals surface area (Å²) in [6.45, 7) is 4.21. The van der Waals surface area contributed by atoms with Crippen LogP contribution >= 0.6 is 0 Å². The van der Waals surface area contributed by atoms with E-state index >= 15 is 0 Å². The van der Waals surface area contributed by atoms with Crippen molar-refractivity contribution in [1.82, 2.24) is 10.2 Å². The minimum atomic E-state index is 0.0788. The Morgan fingerprint density at radius 1 is 1.59 bits per heavy atom. The van der Waals surface area contributed by atoms with Crippen molar-refractivity contribution in [1.29, 1.82) is 0 Å². The van der Waals surface area contributed by atoms with Crippen LogP contribution < -0.4 is 5.32 Å². The van der Waals surface area contributed by atoms with Crippen molar-refractivity contribution in [3.63, 3.8) is 0 Å². The van der Waals surface area contributed by atoms with E-state index in [0.717, 1.165) is 12.3 Å². The number of nitrogens with one attached hydrogen (secondary N) is 1. The Bertz CT molecular complexity index is 348. The summed E-state index contributed by atoms with van der Waals surface area (Å²) in [6, 6.07) is 4.22. The number of rotatable bonds is 4. The predicted octanol–water partition coefficient (Wildman–Crippen LogP) is 1.77. The molecule has 0 spiro atoms. The van der Waals surface area contributed by atoms with Crippen LogP contribution in [0.15, 0.2) is 22.8 Å². The largest absolute Gasteiger partial charge is 0.467 e. The zero-order valence-electron chi connectivity index (χ0n) is 10.3. The van der Waals surface area contributed by atoms with E-state index in [1.165, 1.54) is 19.3 Å². The monoisotopic (exact) mass is 236 g/mol. The van der Waals surface area contributed by atoms with Crippen molar-refractivity contribution in [2.24, 2.45) is 0 Å². The van der Waals surface area contributed by atoms with Gasteiger partial charge in [0.1, 0.15) is 5.76 Å². The molecule has 4 nitrogen and oxygen atoms in total. The molecule has 0 bridgehead atoms. The van der Waals surface area contributed by atoms with Gasteiger partial charge in [0.25, 0.3) is 0 Å². The lowest BCUT2D eigenvalue weighted by molar-refractivity contribution is -0.123. The highest BCUT2D eigenvalue weighted by molar-refractivity contribution is 5.77. The molecule has 1 amide bonds. The van der Waals surface area contributed by atoms with Crippen LogP contribution in [0.3, 0.4) is 0 Å². The second kappa shape index (κ2) is 5.87. The van der Waals surface area contributed by atoms with E-state index in [9.17, 15) is 4.79 Å². The van der Waals surface area contributed by atoms with E-state index < -0.39 is 0 Å². The fraction of sp³-hybridized carbons (Fsp3) is 0.615. The molecule has 1 aromatic rings. The summed E-state index contributed by atoms with van der Waals surface area (Å²) in [6.07, 6.45) is 5.31. The lowest BCUT2D eigenvalue weighted by Crippen LogP contribution is -2.44. The Kier molecular flexibility index (Phi) is 4.20. The van der Waals surface area contributed by atoms with Crippen LogP contribution in [-0.4, -0.2) is 29.9 Å². The quantitative estimate of drug-likeness (QED) is 0.866. The minimum Gasteiger partial charge on any atom is -0.467 e. The molecule has 0 saturated carbocycles. The molecule has 1 atom stereocenters. The lowest BCUT2D eigenvalue weighted by atomic mass is 10.0. The van der Waals surface area contributed by atoms with Gasteiger partial charge >= 0.3 is 0 Å². The maximum atomic E-state index is 11.8. The van der Waals surface area contributed by atoms with Gasteiger partial charge in [0.15, 0.2) is 0 Å². The maximum Gasteiger partial charge on any atom is 0.234 e. The van der Waals surface area contributed by atoms with Gasteiger partial charge in [-0.3, -0.25) is 9.69 Å². The van der Waals surface area contributed by atoms with Gasteiger partial charge in [-0.1, -0.05) is 6.42 Å². The predicted molar refractivity (Wildman–Crippen MR) is 65.4 cm³/mol. The Morgan fingerprint density at radius 2 is 2.47 bits per heavy atom. The second-order valence-corrected chi connectivity index (χ2v) is 4.67. The zero-order chi connectivity index (χ0) is 12.1. The van der Waals surface area contributed by atoms with E-state index in [1.54, 1.807) is 6.26 Å². The first-order chi connectivity index (χ1) is 8.25. The summed E-state index contributed by atoms with van der Waals surface area (Å²) in [5, 5.41) is 2.88. The number of nitrogens with zero attached hydrogens (tertiary/aromatic N) is 1. The minimum absolute atomic E-state index is 0.0788. The van der Waals surface area contributed by atoms with Crippen molar-refractivity contribution in [2.75, 3.05) is 13.1 Å². The number of hydrogen-bond acceptors (Lipinski definition) is 3. The van der Waals surface area contributed by atoms with Gasteiger partial charge in [0.2, 0.25) is 5.91 Å². The van der Waals surface area contributed by atoms with Crippen molar-refractivity contribution in [2.45, 2.75) is 38.8 Å². The molecule has 2 rings (SSSR count). The molecular weight excluding hydrogens is 216 g/mol. The highest BCUT2D eigenvalue weighted by atomic mass is 16.3. The van der Waals surface area contributed by atoms with Crippen LogP contribution in [-0.2, 0) is 11.3 Å². The molecule has 1 fully saturated rings. The smallest absolute Gasteiger partial charge is 0.234 e. The van der Waals surface area contributed by atoms with E-state index in [4.69, 9.17) is 4.42 Å². The van der Waals surface area contributed by atoms with Crippen LogP contribution in [0.5, 0.6) is 0 Å². The Balaban J connectivity index is 1.73. The molecule has 1 aromatic heterocycles. The number of amides is 1. The summed E-state index contributed by atoms with van der Waals surface area (Å²) in [5.41, 5.74) is 0. The second-order valence-electron chi connectivity index (χ2n) is 4.67. The first-order valence-electron chi connectivity index (χ1n) is 6.29. The summed E-state index contributed by atoms with van der Waals surface area (Å²) in [7, 11) is 0. The fourth-order valence-electron chi connectivity index (χ4n) is 2.23. The third-order valence-electron chi connectivity index (χ3n) is 3.33. The van der Waals surface area contributed by atoms with Gasteiger partial charge in [-0.15, -0.1) is 0 Å². The molecule has 1 saturated heterocycles. The first kappa shape index (κ1) is 12.2. The molecule has 1 aliphatic rings. The van der Waals surface area contributed by atoms with Crippen molar-refractivity contribution >= 4 is 5.91 Å². The lowest BCUT2D eigenvalue weighted by Gasteiger charge is -2.32. The van der Waals surface area contributed by atoms with Gasteiger partial charge < -0.3 is 9.73 Å². The number of carbonyl (C=O) groups is 1. The number of likely N-dealkylation sites (tertiary alicyclic amines) is 1. The molecule has 0 radical (unpaired) electrons. The van der Waals surface area contributed by atoms with Gasteiger partial charge in [-0.2, -0.15) is 0 Å². The van der Waals surface area contributed by atoms with Crippen LogP contribution in [0.25, 0.3) is 0 Å². The van der Waals surface area contributed by atoms with E-state index in [-0.39, 0.29) is 5.91 Å². The molecular formula is C13H20N2O2. The van der Waals surface area contributed by atoms with Crippen LogP contribution in [0.2, 0.25) is 0 Å². The van der Waals surface area contributed by atoms with Gasteiger partial charge in [0, 0.05) is 6.04 Å². The first-order valence-corrected chi connectivity index (χ1v) is 6.29. The molecule has 0 aliphatic carbocycles. The van der Waals surface area contributed by atoms with Gasteiger partial charge in [-0.25, -0.2) is 0 Å². The third-order valence-corrected chi connectivity index (χ3v) is 3.33. The van der Waals surface area contributed by atoms with E-state index in [2.05, 4.69) is 17.1 Å². The summed E-state index contributed by atoms with van der Waals surface area (Å²) < 4.78 is 5.17. The van der Waals surface area contributed by atoms with E-state index in [0.29, 0.717) is 19.1 Å². The van der Waals surface area contributed by atoms with Crippen molar-refractivity contribution in [3.05, 3.63) is 24.2 Å². The zero-order valence-corrected chi connectivity index (χ0v) is 10.3. The summed E-state index contributed by atoms with van der Waals surface area (Å²) in [5.74, 6) is 0.875. The number of carbonyl (C=O) groups excluding carboxylic acids is 1. The molecule has 1 N–H and O–H groups in total. The Hall–Kier alpha value is -1.29. The summed E-state index contributed by atoms with van der Waals surface area (Å²) >= 11 is 0. The number of hydrogen-bond donors (Lipinski definition) is 1. The highest BCUT2D eigenvalue weighted by Crippen LogP contribution is 2.15. The van der Waals surface area contributed by atoms with E-state index in [1.807, 2.05) is 12.1 Å². The molecule has 0 aromatic carbocycles. The molecule has 2 heterocycles. The molecule has 1 aliphatic heterocycles. The average molecular weight is 236 g/mol. The van der Waals surface area contributed by atoms with Gasteiger partial charge in [-0.05, 0) is 38.4 Å². The fourth-order valence-corrected chi connectivity index (χ4v) is 2.23. The van der Waals surface area contributed by atoms with Crippen molar-refractivity contribution < 1.29 is 9.21 Å². The average Bonchev–Trinajstić information content (AvgIpc) is 2.82. The van der Waals surface area contributed by atoms with Crippen LogP contribution in [0.4, 0.5) is 0 Å². The SMILES string of the molecule is CC1CCCCN1CC(=O)NCc1ccco1. The van der Waals surface area contributed by atoms with Crippen LogP contribution in [0.1, 0.15) is 31.9 Å². The molecule has 1 unspecified atom stereocenters. The van der Waals surface area contributed by atoms with Crippen LogP contribution in [0, 0.1) is 0 Å².